The number of hydrogen-bond donors (Lipinski definition) is 1. The van der Waals surface area contributed by atoms with Crippen molar-refractivity contribution in [3.8, 4) is 6.07 Å². The first-order valence-corrected chi connectivity index (χ1v) is 7.23. The summed E-state index contributed by atoms with van der Waals surface area (Å²) in [7, 11) is 0. The lowest BCUT2D eigenvalue weighted by Crippen LogP contribution is -2.40. The van der Waals surface area contributed by atoms with Crippen LogP contribution in [0, 0.1) is 17.2 Å². The third-order valence-electron chi connectivity index (χ3n) is 3.88. The number of rotatable bonds is 4. The van der Waals surface area contributed by atoms with Gasteiger partial charge in [-0.15, -0.1) is 0 Å². The highest BCUT2D eigenvalue weighted by molar-refractivity contribution is 5.79. The quantitative estimate of drug-likeness (QED) is 0.910. The highest BCUT2D eigenvalue weighted by Gasteiger charge is 2.25. The molecule has 2 rings (SSSR count). The zero-order valence-corrected chi connectivity index (χ0v) is 11.9. The first-order valence-electron chi connectivity index (χ1n) is 7.23. The van der Waals surface area contributed by atoms with Crippen molar-refractivity contribution in [3.63, 3.8) is 0 Å². The molecular weight excluding hydrogens is 250 g/mol. The number of benzene rings is 1. The summed E-state index contributed by atoms with van der Waals surface area (Å²) in [5, 5.41) is 12.4. The van der Waals surface area contributed by atoms with Crippen LogP contribution in [0.1, 0.15) is 30.9 Å². The molecule has 0 radical (unpaired) electrons. The summed E-state index contributed by atoms with van der Waals surface area (Å²) in [6.45, 7) is 5.05. The molecular formula is C16H21N3O. The minimum atomic E-state index is 0.130. The molecule has 1 aliphatic rings. The zero-order chi connectivity index (χ0) is 14.4. The van der Waals surface area contributed by atoms with E-state index in [4.69, 9.17) is 5.26 Å². The molecule has 0 bridgehead atoms. The molecule has 0 aliphatic carbocycles. The first kappa shape index (κ1) is 14.5. The van der Waals surface area contributed by atoms with E-state index in [1.807, 2.05) is 30.0 Å². The highest BCUT2D eigenvalue weighted by atomic mass is 16.2. The average Bonchev–Trinajstić information content (AvgIpc) is 2.53. The Balaban J connectivity index is 2.08. The summed E-state index contributed by atoms with van der Waals surface area (Å²) >= 11 is 0. The van der Waals surface area contributed by atoms with Crippen molar-refractivity contribution in [1.82, 2.24) is 10.2 Å². The molecule has 0 unspecified atom stereocenters. The van der Waals surface area contributed by atoms with Gasteiger partial charge in [-0.25, -0.2) is 0 Å². The van der Waals surface area contributed by atoms with Crippen LogP contribution in [0.5, 0.6) is 0 Å². The Morgan fingerprint density at radius 2 is 2.10 bits per heavy atom. The molecule has 1 aliphatic heterocycles. The van der Waals surface area contributed by atoms with Crippen LogP contribution >= 0.6 is 0 Å². The van der Waals surface area contributed by atoms with E-state index in [2.05, 4.69) is 11.4 Å². The van der Waals surface area contributed by atoms with Gasteiger partial charge in [-0.1, -0.05) is 18.2 Å². The van der Waals surface area contributed by atoms with Crippen LogP contribution in [0.25, 0.3) is 0 Å². The highest BCUT2D eigenvalue weighted by Crippen LogP contribution is 2.18. The van der Waals surface area contributed by atoms with Crippen molar-refractivity contribution in [2.24, 2.45) is 5.92 Å². The summed E-state index contributed by atoms with van der Waals surface area (Å²) in [6.07, 6.45) is 1.82. The number of amides is 1. The van der Waals surface area contributed by atoms with E-state index >= 15 is 0 Å². The second kappa shape index (κ2) is 7.06. The van der Waals surface area contributed by atoms with Crippen molar-refractivity contribution in [2.45, 2.75) is 26.3 Å². The van der Waals surface area contributed by atoms with Gasteiger partial charge in [0.05, 0.1) is 11.6 Å². The standard InChI is InChI=1S/C16H21N3O/c1-2-19(16(20)13-7-9-18-10-8-13)12-15-6-4-3-5-14(15)11-17/h3-6,13,18H,2,7-10,12H2,1H3. The molecule has 1 saturated heterocycles. The minimum Gasteiger partial charge on any atom is -0.338 e. The molecule has 1 N–H and O–H groups in total. The number of nitrogens with one attached hydrogen (secondary N) is 1. The van der Waals surface area contributed by atoms with E-state index < -0.39 is 0 Å². The monoisotopic (exact) mass is 271 g/mol. The minimum absolute atomic E-state index is 0.130. The Labute approximate surface area is 120 Å². The van der Waals surface area contributed by atoms with E-state index in [-0.39, 0.29) is 11.8 Å². The lowest BCUT2D eigenvalue weighted by Gasteiger charge is -2.29. The topological polar surface area (TPSA) is 56.1 Å². The van der Waals surface area contributed by atoms with Crippen molar-refractivity contribution >= 4 is 5.91 Å². The fourth-order valence-corrected chi connectivity index (χ4v) is 2.65. The molecule has 1 heterocycles. The van der Waals surface area contributed by atoms with Gasteiger partial charge in [0.15, 0.2) is 0 Å². The van der Waals surface area contributed by atoms with Crippen LogP contribution in [0.4, 0.5) is 0 Å². The fraction of sp³-hybridized carbons (Fsp3) is 0.500. The molecule has 0 aromatic heterocycles. The second-order valence-corrected chi connectivity index (χ2v) is 5.15. The molecule has 1 fully saturated rings. The molecule has 20 heavy (non-hydrogen) atoms. The Bertz CT molecular complexity index is 501. The summed E-state index contributed by atoms with van der Waals surface area (Å²) in [5.41, 5.74) is 1.59. The van der Waals surface area contributed by atoms with Crippen LogP contribution in [-0.4, -0.2) is 30.4 Å². The van der Waals surface area contributed by atoms with Gasteiger partial charge >= 0.3 is 0 Å². The van der Waals surface area contributed by atoms with Gasteiger partial charge in [-0.2, -0.15) is 5.26 Å². The van der Waals surface area contributed by atoms with E-state index in [1.165, 1.54) is 0 Å². The maximum atomic E-state index is 12.5. The van der Waals surface area contributed by atoms with E-state index in [0.29, 0.717) is 18.7 Å². The van der Waals surface area contributed by atoms with Gasteiger partial charge in [-0.3, -0.25) is 4.79 Å². The van der Waals surface area contributed by atoms with Crippen LogP contribution in [0.2, 0.25) is 0 Å². The van der Waals surface area contributed by atoms with Gasteiger partial charge in [0.2, 0.25) is 5.91 Å². The van der Waals surface area contributed by atoms with Crippen molar-refractivity contribution in [1.29, 1.82) is 5.26 Å². The van der Waals surface area contributed by atoms with Crippen LogP contribution in [0.15, 0.2) is 24.3 Å². The molecule has 106 valence electrons. The van der Waals surface area contributed by atoms with Gasteiger partial charge in [-0.05, 0) is 44.5 Å². The SMILES string of the molecule is CCN(Cc1ccccc1C#N)C(=O)C1CCNCC1. The number of nitrogens with zero attached hydrogens (tertiary/aromatic N) is 2. The fourth-order valence-electron chi connectivity index (χ4n) is 2.65. The predicted octanol–water partition coefficient (Wildman–Crippen LogP) is 1.91. The Morgan fingerprint density at radius 3 is 2.75 bits per heavy atom. The predicted molar refractivity (Wildman–Crippen MR) is 77.8 cm³/mol. The zero-order valence-electron chi connectivity index (χ0n) is 11.9. The molecule has 0 saturated carbocycles. The number of piperidine rings is 1. The van der Waals surface area contributed by atoms with Crippen LogP contribution < -0.4 is 5.32 Å². The van der Waals surface area contributed by atoms with E-state index in [9.17, 15) is 4.79 Å². The smallest absolute Gasteiger partial charge is 0.226 e. The number of carbonyl (C=O) groups is 1. The van der Waals surface area contributed by atoms with Gasteiger partial charge < -0.3 is 10.2 Å². The summed E-state index contributed by atoms with van der Waals surface area (Å²) in [5.74, 6) is 0.354. The average molecular weight is 271 g/mol. The molecule has 4 nitrogen and oxygen atoms in total. The lowest BCUT2D eigenvalue weighted by atomic mass is 9.96. The van der Waals surface area contributed by atoms with Crippen molar-refractivity contribution < 1.29 is 4.79 Å². The molecule has 4 heteroatoms. The summed E-state index contributed by atoms with van der Waals surface area (Å²) < 4.78 is 0. The number of nitriles is 1. The number of carbonyl (C=O) groups excluding carboxylic acids is 1. The van der Waals surface area contributed by atoms with E-state index in [0.717, 1.165) is 31.5 Å². The molecule has 1 aromatic rings. The second-order valence-electron chi connectivity index (χ2n) is 5.15. The van der Waals surface area contributed by atoms with Gasteiger partial charge in [0, 0.05) is 19.0 Å². The van der Waals surface area contributed by atoms with Crippen LogP contribution in [0.3, 0.4) is 0 Å². The number of hydrogen-bond acceptors (Lipinski definition) is 3. The van der Waals surface area contributed by atoms with Gasteiger partial charge in [0.25, 0.3) is 0 Å². The summed E-state index contributed by atoms with van der Waals surface area (Å²) in [4.78, 5) is 14.4. The lowest BCUT2D eigenvalue weighted by molar-refractivity contribution is -0.136. The normalized spacial score (nSPS) is 15.6. The molecule has 1 amide bonds. The maximum absolute atomic E-state index is 12.5. The van der Waals surface area contributed by atoms with Crippen molar-refractivity contribution in [3.05, 3.63) is 35.4 Å². The Kier molecular flexibility index (Phi) is 5.14. The molecule has 0 atom stereocenters. The third kappa shape index (κ3) is 3.37. The molecule has 1 aromatic carbocycles. The van der Waals surface area contributed by atoms with Gasteiger partial charge in [0.1, 0.15) is 0 Å². The maximum Gasteiger partial charge on any atom is 0.226 e. The van der Waals surface area contributed by atoms with Crippen molar-refractivity contribution in [2.75, 3.05) is 19.6 Å². The summed E-state index contributed by atoms with van der Waals surface area (Å²) in [6, 6.07) is 9.70. The molecule has 0 spiro atoms. The van der Waals surface area contributed by atoms with E-state index in [1.54, 1.807) is 6.07 Å². The largest absolute Gasteiger partial charge is 0.338 e. The third-order valence-corrected chi connectivity index (χ3v) is 3.88. The van der Waals surface area contributed by atoms with Crippen LogP contribution in [-0.2, 0) is 11.3 Å². The Morgan fingerprint density at radius 1 is 1.40 bits per heavy atom. The first-order chi connectivity index (χ1) is 9.76. The Hall–Kier alpha value is -1.86.